The molecule has 0 saturated heterocycles. The average molecular weight is 374 g/mol. The summed E-state index contributed by atoms with van der Waals surface area (Å²) in [6.45, 7) is 5.57. The number of hydrogen-bond acceptors (Lipinski definition) is 6. The van der Waals surface area contributed by atoms with Crippen molar-refractivity contribution in [2.75, 3.05) is 5.75 Å². The van der Waals surface area contributed by atoms with Crippen molar-refractivity contribution in [1.82, 2.24) is 14.8 Å². The van der Waals surface area contributed by atoms with Crippen LogP contribution in [0.5, 0.6) is 0 Å². The SMILES string of the molecule is CC(C)(C)OC(=O)CSc1nnc(-c2cccs2)n1-c1ccccc1. The lowest BCUT2D eigenvalue weighted by Crippen LogP contribution is -2.25. The van der Waals surface area contributed by atoms with Crippen molar-refractivity contribution in [3.8, 4) is 16.4 Å². The number of carbonyl (C=O) groups is 1. The second-order valence-electron chi connectivity index (χ2n) is 6.33. The molecule has 1 aromatic carbocycles. The molecular weight excluding hydrogens is 354 g/mol. The highest BCUT2D eigenvalue weighted by atomic mass is 32.2. The fourth-order valence-corrected chi connectivity index (χ4v) is 3.66. The molecule has 7 heteroatoms. The summed E-state index contributed by atoms with van der Waals surface area (Å²) in [6, 6.07) is 13.9. The minimum absolute atomic E-state index is 0.187. The first-order valence-electron chi connectivity index (χ1n) is 7.83. The molecule has 0 spiro atoms. The molecule has 0 unspecified atom stereocenters. The summed E-state index contributed by atoms with van der Waals surface area (Å²) < 4.78 is 7.34. The molecule has 0 aliphatic heterocycles. The van der Waals surface area contributed by atoms with Gasteiger partial charge in [-0.25, -0.2) is 0 Å². The zero-order chi connectivity index (χ0) is 17.9. The maximum Gasteiger partial charge on any atom is 0.316 e. The lowest BCUT2D eigenvalue weighted by molar-refractivity contribution is -0.151. The number of thioether (sulfide) groups is 1. The molecule has 0 fully saturated rings. The number of thiophene rings is 1. The number of para-hydroxylation sites is 1. The highest BCUT2D eigenvalue weighted by Crippen LogP contribution is 2.30. The summed E-state index contributed by atoms with van der Waals surface area (Å²) in [5.41, 5.74) is 0.468. The van der Waals surface area contributed by atoms with Crippen LogP contribution in [0.1, 0.15) is 20.8 Å². The van der Waals surface area contributed by atoms with Gasteiger partial charge in [0.15, 0.2) is 11.0 Å². The molecule has 0 atom stereocenters. The first-order chi connectivity index (χ1) is 11.9. The number of benzene rings is 1. The average Bonchev–Trinajstić information content (AvgIpc) is 3.21. The van der Waals surface area contributed by atoms with Crippen LogP contribution in [0.25, 0.3) is 16.4 Å². The van der Waals surface area contributed by atoms with Crippen LogP contribution in [-0.4, -0.2) is 32.1 Å². The van der Waals surface area contributed by atoms with Crippen molar-refractivity contribution in [2.45, 2.75) is 31.5 Å². The number of rotatable bonds is 5. The summed E-state index contributed by atoms with van der Waals surface area (Å²) >= 11 is 2.93. The van der Waals surface area contributed by atoms with E-state index in [1.807, 2.05) is 73.2 Å². The highest BCUT2D eigenvalue weighted by Gasteiger charge is 2.20. The van der Waals surface area contributed by atoms with Gasteiger partial charge in [0.05, 0.1) is 10.6 Å². The third-order valence-electron chi connectivity index (χ3n) is 3.13. The molecular formula is C18H19N3O2S2. The minimum atomic E-state index is -0.493. The topological polar surface area (TPSA) is 57.0 Å². The van der Waals surface area contributed by atoms with E-state index in [4.69, 9.17) is 4.74 Å². The molecule has 2 heterocycles. The molecule has 3 rings (SSSR count). The Morgan fingerprint density at radius 3 is 2.56 bits per heavy atom. The van der Waals surface area contributed by atoms with E-state index >= 15 is 0 Å². The fraction of sp³-hybridized carbons (Fsp3) is 0.278. The van der Waals surface area contributed by atoms with E-state index < -0.39 is 5.60 Å². The van der Waals surface area contributed by atoms with Gasteiger partial charge < -0.3 is 4.74 Å². The maximum absolute atomic E-state index is 12.0. The Balaban J connectivity index is 1.88. The highest BCUT2D eigenvalue weighted by molar-refractivity contribution is 7.99. The Kier molecular flexibility index (Phi) is 5.24. The van der Waals surface area contributed by atoms with E-state index in [0.29, 0.717) is 5.16 Å². The predicted molar refractivity (Wildman–Crippen MR) is 101 cm³/mol. The third-order valence-corrected chi connectivity index (χ3v) is 4.90. The summed E-state index contributed by atoms with van der Waals surface area (Å²) in [5.74, 6) is 0.692. The quantitative estimate of drug-likeness (QED) is 0.489. The molecule has 0 saturated carbocycles. The van der Waals surface area contributed by atoms with Gasteiger partial charge in [0.1, 0.15) is 5.60 Å². The Hall–Kier alpha value is -2.12. The van der Waals surface area contributed by atoms with E-state index in [1.54, 1.807) is 11.3 Å². The fourth-order valence-electron chi connectivity index (χ4n) is 2.23. The molecule has 3 aromatic rings. The molecule has 0 N–H and O–H groups in total. The second kappa shape index (κ2) is 7.41. The van der Waals surface area contributed by atoms with Crippen LogP contribution in [0.15, 0.2) is 53.0 Å². The van der Waals surface area contributed by atoms with Crippen molar-refractivity contribution in [2.24, 2.45) is 0 Å². The zero-order valence-electron chi connectivity index (χ0n) is 14.3. The largest absolute Gasteiger partial charge is 0.459 e. The Labute approximate surface area is 155 Å². The van der Waals surface area contributed by atoms with Crippen molar-refractivity contribution < 1.29 is 9.53 Å². The van der Waals surface area contributed by atoms with Crippen molar-refractivity contribution in [3.63, 3.8) is 0 Å². The Morgan fingerprint density at radius 2 is 1.92 bits per heavy atom. The van der Waals surface area contributed by atoms with Gasteiger partial charge in [-0.05, 0) is 44.4 Å². The molecule has 2 aromatic heterocycles. The van der Waals surface area contributed by atoms with E-state index in [9.17, 15) is 4.79 Å². The molecule has 25 heavy (non-hydrogen) atoms. The summed E-state index contributed by atoms with van der Waals surface area (Å²) in [7, 11) is 0. The minimum Gasteiger partial charge on any atom is -0.459 e. The van der Waals surface area contributed by atoms with Crippen molar-refractivity contribution in [3.05, 3.63) is 47.8 Å². The summed E-state index contributed by atoms with van der Waals surface area (Å²) in [4.78, 5) is 13.0. The zero-order valence-corrected chi connectivity index (χ0v) is 15.9. The molecule has 0 bridgehead atoms. The molecule has 0 aliphatic carbocycles. The molecule has 130 valence electrons. The van der Waals surface area contributed by atoms with Crippen LogP contribution < -0.4 is 0 Å². The molecule has 0 radical (unpaired) electrons. The van der Waals surface area contributed by atoms with Crippen LogP contribution in [0.2, 0.25) is 0 Å². The van der Waals surface area contributed by atoms with Crippen LogP contribution in [0.4, 0.5) is 0 Å². The van der Waals surface area contributed by atoms with E-state index in [2.05, 4.69) is 10.2 Å². The van der Waals surface area contributed by atoms with E-state index in [1.165, 1.54) is 11.8 Å². The van der Waals surface area contributed by atoms with Gasteiger partial charge in [-0.1, -0.05) is 36.0 Å². The van der Waals surface area contributed by atoms with Gasteiger partial charge in [0.2, 0.25) is 0 Å². The van der Waals surface area contributed by atoms with Gasteiger partial charge in [-0.15, -0.1) is 21.5 Å². The van der Waals surface area contributed by atoms with Crippen LogP contribution in [0, 0.1) is 0 Å². The van der Waals surface area contributed by atoms with Gasteiger partial charge in [0, 0.05) is 5.69 Å². The first kappa shape index (κ1) is 17.7. The van der Waals surface area contributed by atoms with Gasteiger partial charge in [-0.3, -0.25) is 9.36 Å². The summed E-state index contributed by atoms with van der Waals surface area (Å²) in [5, 5.41) is 11.3. The number of nitrogens with zero attached hydrogens (tertiary/aromatic N) is 3. The van der Waals surface area contributed by atoms with Gasteiger partial charge >= 0.3 is 5.97 Å². The lowest BCUT2D eigenvalue weighted by Gasteiger charge is -2.19. The Morgan fingerprint density at radius 1 is 1.16 bits per heavy atom. The molecule has 0 aliphatic rings. The smallest absolute Gasteiger partial charge is 0.316 e. The predicted octanol–water partition coefficient (Wildman–Crippen LogP) is 4.43. The molecule has 5 nitrogen and oxygen atoms in total. The maximum atomic E-state index is 12.0. The normalized spacial score (nSPS) is 11.5. The Bertz CT molecular complexity index is 837. The number of ether oxygens (including phenoxy) is 1. The van der Waals surface area contributed by atoms with E-state index in [-0.39, 0.29) is 11.7 Å². The number of hydrogen-bond donors (Lipinski definition) is 0. The lowest BCUT2D eigenvalue weighted by atomic mass is 10.2. The van der Waals surface area contributed by atoms with Gasteiger partial charge in [0.25, 0.3) is 0 Å². The first-order valence-corrected chi connectivity index (χ1v) is 9.70. The van der Waals surface area contributed by atoms with Gasteiger partial charge in [-0.2, -0.15) is 0 Å². The molecule has 0 amide bonds. The standard InChI is InChI=1S/C18H19N3O2S2/c1-18(2,3)23-15(22)12-25-17-20-19-16(14-10-7-11-24-14)21(17)13-8-5-4-6-9-13/h4-11H,12H2,1-3H3. The van der Waals surface area contributed by atoms with Crippen molar-refractivity contribution in [1.29, 1.82) is 0 Å². The number of carbonyl (C=O) groups excluding carboxylic acids is 1. The second-order valence-corrected chi connectivity index (χ2v) is 8.22. The third kappa shape index (κ3) is 4.49. The van der Waals surface area contributed by atoms with Crippen molar-refractivity contribution >= 4 is 29.1 Å². The number of aromatic nitrogens is 3. The van der Waals surface area contributed by atoms with Crippen LogP contribution in [-0.2, 0) is 9.53 Å². The van der Waals surface area contributed by atoms with E-state index in [0.717, 1.165) is 16.4 Å². The van der Waals surface area contributed by atoms with Crippen LogP contribution >= 0.6 is 23.1 Å². The number of esters is 1. The summed E-state index contributed by atoms with van der Waals surface area (Å²) in [6.07, 6.45) is 0. The monoisotopic (exact) mass is 373 g/mol. The van der Waals surface area contributed by atoms with Crippen LogP contribution in [0.3, 0.4) is 0 Å².